The van der Waals surface area contributed by atoms with Gasteiger partial charge in [-0.15, -0.1) is 0 Å². The van der Waals surface area contributed by atoms with Gasteiger partial charge in [-0.2, -0.15) is 26.3 Å². The molecule has 7 atom stereocenters. The summed E-state index contributed by atoms with van der Waals surface area (Å²) in [5.74, 6) is 1.70. The van der Waals surface area contributed by atoms with E-state index in [1.165, 1.54) is 5.57 Å². The van der Waals surface area contributed by atoms with Crippen molar-refractivity contribution in [2.24, 2.45) is 40.4 Å². The van der Waals surface area contributed by atoms with E-state index < -0.39 is 24.4 Å². The van der Waals surface area contributed by atoms with Crippen molar-refractivity contribution >= 4 is 5.78 Å². The molecule has 0 heterocycles. The first kappa shape index (κ1) is 26.7. The average molecular weight is 507 g/mol. The van der Waals surface area contributed by atoms with Crippen molar-refractivity contribution in [2.75, 3.05) is 0 Å². The summed E-state index contributed by atoms with van der Waals surface area (Å²) in [5, 5.41) is 9.48. The van der Waals surface area contributed by atoms with Gasteiger partial charge in [0.25, 0.3) is 5.60 Å². The molecular weight excluding hydrogens is 470 g/mol. The van der Waals surface area contributed by atoms with E-state index in [1.54, 1.807) is 12.2 Å². The number of carbonyl (C=O) groups is 1. The lowest BCUT2D eigenvalue weighted by molar-refractivity contribution is -0.370. The predicted octanol–water partition coefficient (Wildman–Crippen LogP) is 7.57. The summed E-state index contributed by atoms with van der Waals surface area (Å²) in [4.78, 5) is 11.9. The summed E-state index contributed by atoms with van der Waals surface area (Å²) in [6, 6.07) is 0. The molecule has 0 saturated heterocycles. The van der Waals surface area contributed by atoms with Gasteiger partial charge in [-0.25, -0.2) is 0 Å². The molecule has 4 aliphatic carbocycles. The first-order valence-corrected chi connectivity index (χ1v) is 12.8. The van der Waals surface area contributed by atoms with Crippen molar-refractivity contribution in [3.63, 3.8) is 0 Å². The first-order valence-electron chi connectivity index (χ1n) is 12.8. The minimum absolute atomic E-state index is 0.0106. The van der Waals surface area contributed by atoms with Gasteiger partial charge in [0.15, 0.2) is 5.78 Å². The van der Waals surface area contributed by atoms with E-state index in [0.29, 0.717) is 17.8 Å². The van der Waals surface area contributed by atoms with Gasteiger partial charge in [0, 0.05) is 5.41 Å². The molecule has 0 bridgehead atoms. The minimum Gasteiger partial charge on any atom is -0.374 e. The van der Waals surface area contributed by atoms with E-state index in [4.69, 9.17) is 0 Å². The molecule has 0 amide bonds. The number of halogens is 6. The Morgan fingerprint density at radius 3 is 2.31 bits per heavy atom. The van der Waals surface area contributed by atoms with Crippen molar-refractivity contribution in [1.82, 2.24) is 0 Å². The Morgan fingerprint density at radius 1 is 1.03 bits per heavy atom. The van der Waals surface area contributed by atoms with Crippen molar-refractivity contribution < 1.29 is 36.2 Å². The van der Waals surface area contributed by atoms with Crippen LogP contribution >= 0.6 is 0 Å². The van der Waals surface area contributed by atoms with Crippen LogP contribution in [0.2, 0.25) is 0 Å². The van der Waals surface area contributed by atoms with Gasteiger partial charge in [-0.3, -0.25) is 4.79 Å². The van der Waals surface area contributed by atoms with Gasteiger partial charge < -0.3 is 5.11 Å². The number of hydrogen-bond acceptors (Lipinski definition) is 2. The second-order valence-electron chi connectivity index (χ2n) is 12.1. The largest absolute Gasteiger partial charge is 0.426 e. The zero-order valence-electron chi connectivity index (χ0n) is 20.6. The maximum atomic E-state index is 13.0. The van der Waals surface area contributed by atoms with E-state index in [9.17, 15) is 36.2 Å². The first-order chi connectivity index (χ1) is 16.0. The van der Waals surface area contributed by atoms with E-state index in [0.717, 1.165) is 38.5 Å². The molecule has 0 aliphatic heterocycles. The number of hydrogen-bond donors (Lipinski definition) is 1. The zero-order chi connectivity index (χ0) is 26.0. The Balaban J connectivity index is 1.44. The van der Waals surface area contributed by atoms with Crippen LogP contribution in [0.25, 0.3) is 0 Å². The second-order valence-corrected chi connectivity index (χ2v) is 12.1. The molecule has 1 N–H and O–H groups in total. The van der Waals surface area contributed by atoms with Crippen LogP contribution in [0.4, 0.5) is 26.3 Å². The van der Waals surface area contributed by atoms with Crippen molar-refractivity contribution in [3.05, 3.63) is 23.8 Å². The summed E-state index contributed by atoms with van der Waals surface area (Å²) in [6.45, 7) is 6.46. The Morgan fingerprint density at radius 2 is 1.69 bits per heavy atom. The highest BCUT2D eigenvalue weighted by Gasteiger charge is 2.69. The predicted molar refractivity (Wildman–Crippen MR) is 120 cm³/mol. The lowest BCUT2D eigenvalue weighted by atomic mass is 9.47. The maximum absolute atomic E-state index is 13.0. The third-order valence-electron chi connectivity index (χ3n) is 10.5. The number of fused-ring (bicyclic) bond motifs is 5. The fraction of sp³-hybridized carbons (Fsp3) is 0.815. The van der Waals surface area contributed by atoms with Crippen molar-refractivity contribution in [3.8, 4) is 0 Å². The molecule has 0 radical (unpaired) electrons. The Labute approximate surface area is 203 Å². The molecule has 4 rings (SSSR count). The molecule has 0 spiro atoms. The smallest absolute Gasteiger partial charge is 0.374 e. The minimum atomic E-state index is -5.75. The fourth-order valence-corrected chi connectivity index (χ4v) is 8.50. The number of rotatable bonds is 5. The Bertz CT molecular complexity index is 888. The van der Waals surface area contributed by atoms with Gasteiger partial charge >= 0.3 is 12.4 Å². The van der Waals surface area contributed by atoms with E-state index in [-0.39, 0.29) is 41.3 Å². The SMILES string of the molecule is C[C@H](CCCC(O)(C(F)(F)F)C(F)(F)F)[C@H]1CC[C@H]2[C@@H]3CCC4=CC(=O)C=C[C@]4(C)[C@H]3CC[C@]12C. The standard InChI is InChI=1S/C27H36F6O2/c1-16(5-4-12-25(35,26(28,29)30)27(31,32)33)20-8-9-21-19-7-6-17-15-18(34)10-13-23(17,2)22(19)11-14-24(20,21)3/h10,13,15-16,19-22,35H,4-9,11-12,14H2,1-3H3/t16-,19+,20-,21+,22+,23+,24-/m1/s1. The topological polar surface area (TPSA) is 37.3 Å². The second kappa shape index (κ2) is 8.63. The lowest BCUT2D eigenvalue weighted by Gasteiger charge is -2.57. The maximum Gasteiger partial charge on any atom is 0.426 e. The quantitative estimate of drug-likeness (QED) is 0.391. The van der Waals surface area contributed by atoms with Gasteiger partial charge in [0.1, 0.15) is 0 Å². The normalized spacial score (nSPS) is 38.5. The highest BCUT2D eigenvalue weighted by Crippen LogP contribution is 2.67. The summed E-state index contributed by atoms with van der Waals surface area (Å²) in [7, 11) is 0. The number of alkyl halides is 6. The van der Waals surface area contributed by atoms with E-state index >= 15 is 0 Å². The number of allylic oxidation sites excluding steroid dienone is 4. The average Bonchev–Trinajstić information content (AvgIpc) is 3.09. The molecule has 3 fully saturated rings. The van der Waals surface area contributed by atoms with Gasteiger partial charge in [0.05, 0.1) is 0 Å². The Kier molecular flexibility index (Phi) is 6.59. The van der Waals surface area contributed by atoms with Crippen LogP contribution in [0.3, 0.4) is 0 Å². The molecule has 8 heteroatoms. The molecule has 4 aliphatic rings. The van der Waals surface area contributed by atoms with Crippen LogP contribution in [-0.2, 0) is 4.79 Å². The third kappa shape index (κ3) is 4.19. The number of carbonyl (C=O) groups excluding carboxylic acids is 1. The van der Waals surface area contributed by atoms with Crippen LogP contribution in [0, 0.1) is 40.4 Å². The van der Waals surface area contributed by atoms with Gasteiger partial charge in [-0.05, 0) is 98.5 Å². The third-order valence-corrected chi connectivity index (χ3v) is 10.5. The lowest BCUT2D eigenvalue weighted by Crippen LogP contribution is -2.56. The van der Waals surface area contributed by atoms with Gasteiger partial charge in [-0.1, -0.05) is 38.8 Å². The molecule has 0 unspecified atom stereocenters. The molecule has 2 nitrogen and oxygen atoms in total. The highest BCUT2D eigenvalue weighted by molar-refractivity contribution is 6.01. The van der Waals surface area contributed by atoms with E-state index in [2.05, 4.69) is 19.9 Å². The summed E-state index contributed by atoms with van der Waals surface area (Å²) in [5.41, 5.74) is -3.53. The molecule has 0 aromatic rings. The zero-order valence-corrected chi connectivity index (χ0v) is 20.6. The molecule has 0 aromatic carbocycles. The van der Waals surface area contributed by atoms with Crippen LogP contribution in [-0.4, -0.2) is 28.8 Å². The fourth-order valence-electron chi connectivity index (χ4n) is 8.50. The molecular formula is C27H36F6O2. The highest BCUT2D eigenvalue weighted by atomic mass is 19.4. The van der Waals surface area contributed by atoms with Crippen molar-refractivity contribution in [2.45, 2.75) is 96.5 Å². The summed E-state index contributed by atoms with van der Waals surface area (Å²) < 4.78 is 78.2. The monoisotopic (exact) mass is 506 g/mol. The van der Waals surface area contributed by atoms with Crippen LogP contribution in [0.5, 0.6) is 0 Å². The van der Waals surface area contributed by atoms with Crippen LogP contribution in [0.1, 0.15) is 78.6 Å². The number of aliphatic hydroxyl groups is 1. The van der Waals surface area contributed by atoms with Crippen molar-refractivity contribution in [1.29, 1.82) is 0 Å². The number of ketones is 1. The molecule has 35 heavy (non-hydrogen) atoms. The Hall–Kier alpha value is -1.31. The molecule has 3 saturated carbocycles. The molecule has 0 aromatic heterocycles. The van der Waals surface area contributed by atoms with Gasteiger partial charge in [0.2, 0.25) is 0 Å². The van der Waals surface area contributed by atoms with Crippen LogP contribution in [0.15, 0.2) is 23.8 Å². The molecule has 198 valence electrons. The van der Waals surface area contributed by atoms with Crippen LogP contribution < -0.4 is 0 Å². The summed E-state index contributed by atoms with van der Waals surface area (Å²) >= 11 is 0. The summed E-state index contributed by atoms with van der Waals surface area (Å²) in [6.07, 6.45) is -1.52. The van der Waals surface area contributed by atoms with E-state index in [1.807, 2.05) is 6.92 Å².